The van der Waals surface area contributed by atoms with Crippen molar-refractivity contribution in [1.82, 2.24) is 5.32 Å². The van der Waals surface area contributed by atoms with E-state index >= 15 is 0 Å². The number of nitrogens with one attached hydrogen (secondary N) is 1. The molecular formula is C14H19ClFN. The van der Waals surface area contributed by atoms with Gasteiger partial charge >= 0.3 is 0 Å². The molecule has 1 unspecified atom stereocenters. The Morgan fingerprint density at radius 2 is 2.24 bits per heavy atom. The Bertz CT molecular complexity index is 376. The molecule has 0 radical (unpaired) electrons. The molecule has 1 N–H and O–H groups in total. The Kier molecular flexibility index (Phi) is 4.41. The van der Waals surface area contributed by atoms with Crippen molar-refractivity contribution in [3.05, 3.63) is 34.6 Å². The maximum absolute atomic E-state index is 12.9. The molecule has 1 aliphatic rings. The van der Waals surface area contributed by atoms with Crippen molar-refractivity contribution < 1.29 is 4.39 Å². The molecule has 1 atom stereocenters. The maximum Gasteiger partial charge on any atom is 0.124 e. The second-order valence-electron chi connectivity index (χ2n) is 5.06. The quantitative estimate of drug-likeness (QED) is 0.815. The zero-order valence-electron chi connectivity index (χ0n) is 10.2. The first-order chi connectivity index (χ1) is 8.15. The topological polar surface area (TPSA) is 12.0 Å². The summed E-state index contributed by atoms with van der Waals surface area (Å²) in [5.74, 6) is 0.311. The van der Waals surface area contributed by atoms with E-state index in [0.29, 0.717) is 10.9 Å². The highest BCUT2D eigenvalue weighted by Gasteiger charge is 2.20. The van der Waals surface area contributed by atoms with Crippen LogP contribution >= 0.6 is 11.6 Å². The lowest BCUT2D eigenvalue weighted by atomic mass is 9.98. The van der Waals surface area contributed by atoms with Crippen LogP contribution in [-0.2, 0) is 6.42 Å². The summed E-state index contributed by atoms with van der Waals surface area (Å²) in [6.07, 6.45) is 4.73. The fraction of sp³-hybridized carbons (Fsp3) is 0.571. The number of hydrogen-bond acceptors (Lipinski definition) is 1. The molecule has 1 nitrogen and oxygen atoms in total. The second kappa shape index (κ2) is 5.83. The van der Waals surface area contributed by atoms with Crippen molar-refractivity contribution in [3.63, 3.8) is 0 Å². The van der Waals surface area contributed by atoms with E-state index in [2.05, 4.69) is 12.2 Å². The van der Waals surface area contributed by atoms with E-state index in [9.17, 15) is 4.39 Å². The van der Waals surface area contributed by atoms with Crippen LogP contribution in [0.4, 0.5) is 4.39 Å². The van der Waals surface area contributed by atoms with Gasteiger partial charge in [-0.2, -0.15) is 0 Å². The minimum Gasteiger partial charge on any atom is -0.314 e. The minimum atomic E-state index is -0.262. The molecule has 2 rings (SSSR count). The molecule has 1 aromatic rings. The molecule has 0 bridgehead atoms. The van der Waals surface area contributed by atoms with E-state index in [1.54, 1.807) is 6.07 Å². The third-order valence-electron chi connectivity index (χ3n) is 3.23. The Labute approximate surface area is 107 Å². The van der Waals surface area contributed by atoms with Crippen LogP contribution in [-0.4, -0.2) is 12.6 Å². The number of hydrogen-bond donors (Lipinski definition) is 1. The van der Waals surface area contributed by atoms with Crippen LogP contribution in [0.15, 0.2) is 18.2 Å². The second-order valence-corrected chi connectivity index (χ2v) is 5.47. The molecule has 0 amide bonds. The highest BCUT2D eigenvalue weighted by Crippen LogP contribution is 2.22. The van der Waals surface area contributed by atoms with E-state index in [4.69, 9.17) is 11.6 Å². The number of benzene rings is 1. The van der Waals surface area contributed by atoms with Crippen LogP contribution in [0, 0.1) is 11.7 Å². The van der Waals surface area contributed by atoms with Crippen LogP contribution < -0.4 is 5.32 Å². The van der Waals surface area contributed by atoms with Crippen LogP contribution in [0.2, 0.25) is 5.02 Å². The van der Waals surface area contributed by atoms with Crippen LogP contribution in [0.5, 0.6) is 0 Å². The van der Waals surface area contributed by atoms with Gasteiger partial charge in [-0.3, -0.25) is 0 Å². The molecule has 1 saturated carbocycles. The lowest BCUT2D eigenvalue weighted by molar-refractivity contribution is 0.497. The Morgan fingerprint density at radius 3 is 2.88 bits per heavy atom. The molecule has 0 saturated heterocycles. The van der Waals surface area contributed by atoms with Gasteiger partial charge in [-0.15, -0.1) is 0 Å². The van der Waals surface area contributed by atoms with Gasteiger partial charge in [0, 0.05) is 11.1 Å². The van der Waals surface area contributed by atoms with Gasteiger partial charge in [-0.25, -0.2) is 4.39 Å². The third kappa shape index (κ3) is 4.29. The van der Waals surface area contributed by atoms with E-state index < -0.39 is 0 Å². The number of rotatable bonds is 6. The van der Waals surface area contributed by atoms with Crippen LogP contribution in [0.25, 0.3) is 0 Å². The SMILES string of the molecule is CC(CCNC1CC1)Cc1ccc(F)cc1Cl. The van der Waals surface area contributed by atoms with Gasteiger partial charge in [-0.1, -0.05) is 24.6 Å². The molecule has 1 fully saturated rings. The molecule has 0 spiro atoms. The van der Waals surface area contributed by atoms with Gasteiger partial charge in [0.05, 0.1) is 0 Å². The predicted molar refractivity (Wildman–Crippen MR) is 69.9 cm³/mol. The van der Waals surface area contributed by atoms with E-state index in [1.807, 2.05) is 0 Å². The molecule has 94 valence electrons. The summed E-state index contributed by atoms with van der Waals surface area (Å²) in [6, 6.07) is 5.45. The van der Waals surface area contributed by atoms with E-state index in [1.165, 1.54) is 25.0 Å². The first-order valence-electron chi connectivity index (χ1n) is 6.32. The smallest absolute Gasteiger partial charge is 0.124 e. The summed E-state index contributed by atoms with van der Waals surface area (Å²) in [6.45, 7) is 3.29. The summed E-state index contributed by atoms with van der Waals surface area (Å²) >= 11 is 6.01. The van der Waals surface area contributed by atoms with Crippen LogP contribution in [0.1, 0.15) is 31.7 Å². The van der Waals surface area contributed by atoms with Gasteiger partial charge in [0.15, 0.2) is 0 Å². The first kappa shape index (κ1) is 12.8. The summed E-state index contributed by atoms with van der Waals surface area (Å²) in [7, 11) is 0. The molecule has 1 aromatic carbocycles. The standard InChI is InChI=1S/C14H19ClFN/c1-10(6-7-17-13-4-5-13)8-11-2-3-12(16)9-14(11)15/h2-3,9-10,13,17H,4-8H2,1H3. The van der Waals surface area contributed by atoms with Crippen molar-refractivity contribution in [2.24, 2.45) is 5.92 Å². The Morgan fingerprint density at radius 1 is 1.47 bits per heavy atom. The van der Waals surface area contributed by atoms with Gasteiger partial charge in [0.2, 0.25) is 0 Å². The summed E-state index contributed by atoms with van der Waals surface area (Å²) < 4.78 is 12.9. The zero-order chi connectivity index (χ0) is 12.3. The van der Waals surface area contributed by atoms with Crippen molar-refractivity contribution in [2.75, 3.05) is 6.54 Å². The van der Waals surface area contributed by atoms with Gasteiger partial charge in [0.1, 0.15) is 5.82 Å². The van der Waals surface area contributed by atoms with Gasteiger partial charge in [0.25, 0.3) is 0 Å². The predicted octanol–water partition coefficient (Wildman–Crippen LogP) is 3.80. The zero-order valence-corrected chi connectivity index (χ0v) is 10.9. The summed E-state index contributed by atoms with van der Waals surface area (Å²) in [5, 5.41) is 4.05. The molecular weight excluding hydrogens is 237 g/mol. The highest BCUT2D eigenvalue weighted by atomic mass is 35.5. The largest absolute Gasteiger partial charge is 0.314 e. The van der Waals surface area contributed by atoms with Crippen molar-refractivity contribution in [2.45, 2.75) is 38.6 Å². The minimum absolute atomic E-state index is 0.262. The number of halogens is 2. The molecule has 0 aliphatic heterocycles. The normalized spacial score (nSPS) is 17.1. The fourth-order valence-corrected chi connectivity index (χ4v) is 2.23. The lowest BCUT2D eigenvalue weighted by Gasteiger charge is -2.13. The van der Waals surface area contributed by atoms with Crippen molar-refractivity contribution >= 4 is 11.6 Å². The fourth-order valence-electron chi connectivity index (χ4n) is 1.99. The lowest BCUT2D eigenvalue weighted by Crippen LogP contribution is -2.20. The molecule has 17 heavy (non-hydrogen) atoms. The maximum atomic E-state index is 12.9. The average molecular weight is 256 g/mol. The van der Waals surface area contributed by atoms with E-state index in [0.717, 1.165) is 31.0 Å². The van der Waals surface area contributed by atoms with Crippen molar-refractivity contribution in [1.29, 1.82) is 0 Å². The molecule has 1 aliphatic carbocycles. The molecule has 3 heteroatoms. The monoisotopic (exact) mass is 255 g/mol. The van der Waals surface area contributed by atoms with Crippen molar-refractivity contribution in [3.8, 4) is 0 Å². The Balaban J connectivity index is 1.77. The molecule has 0 heterocycles. The highest BCUT2D eigenvalue weighted by molar-refractivity contribution is 6.31. The third-order valence-corrected chi connectivity index (χ3v) is 3.58. The summed E-state index contributed by atoms with van der Waals surface area (Å²) in [5.41, 5.74) is 1.05. The van der Waals surface area contributed by atoms with Gasteiger partial charge < -0.3 is 5.32 Å². The Hall–Kier alpha value is -0.600. The first-order valence-corrected chi connectivity index (χ1v) is 6.70. The summed E-state index contributed by atoms with van der Waals surface area (Å²) in [4.78, 5) is 0. The van der Waals surface area contributed by atoms with Crippen LogP contribution in [0.3, 0.4) is 0 Å². The molecule has 0 aromatic heterocycles. The average Bonchev–Trinajstić information content (AvgIpc) is 3.06. The van der Waals surface area contributed by atoms with E-state index in [-0.39, 0.29) is 5.82 Å². The van der Waals surface area contributed by atoms with Gasteiger partial charge in [-0.05, 0) is 55.8 Å².